The van der Waals surface area contributed by atoms with E-state index >= 15 is 0 Å². The van der Waals surface area contributed by atoms with E-state index in [2.05, 4.69) is 5.32 Å². The van der Waals surface area contributed by atoms with Crippen LogP contribution < -0.4 is 5.32 Å². The number of hydrogen-bond acceptors (Lipinski definition) is 3. The first-order valence-corrected chi connectivity index (χ1v) is 8.47. The van der Waals surface area contributed by atoms with Gasteiger partial charge in [-0.1, -0.05) is 6.92 Å². The second-order valence-electron chi connectivity index (χ2n) is 6.08. The summed E-state index contributed by atoms with van der Waals surface area (Å²) in [4.78, 5) is 27.6. The van der Waals surface area contributed by atoms with Crippen LogP contribution >= 0.6 is 11.3 Å². The highest BCUT2D eigenvalue weighted by Crippen LogP contribution is 2.31. The van der Waals surface area contributed by atoms with Crippen molar-refractivity contribution in [3.8, 4) is 0 Å². The van der Waals surface area contributed by atoms with Crippen molar-refractivity contribution in [2.75, 3.05) is 19.6 Å². The van der Waals surface area contributed by atoms with Crippen LogP contribution in [0, 0.1) is 12.3 Å². The molecule has 1 aliphatic rings. The summed E-state index contributed by atoms with van der Waals surface area (Å²) < 4.78 is 0. The molecule has 1 fully saturated rings. The fraction of sp³-hybridized carbons (Fsp3) is 0.625. The minimum absolute atomic E-state index is 0.0664. The molecule has 1 atom stereocenters. The number of amides is 2. The van der Waals surface area contributed by atoms with Crippen LogP contribution in [-0.4, -0.2) is 36.3 Å². The van der Waals surface area contributed by atoms with E-state index in [1.807, 2.05) is 37.1 Å². The zero-order valence-corrected chi connectivity index (χ0v) is 13.9. The lowest BCUT2D eigenvalue weighted by Crippen LogP contribution is -2.52. The molecule has 1 aliphatic heterocycles. The fourth-order valence-corrected chi connectivity index (χ4v) is 3.68. The Morgan fingerprint density at radius 2 is 2.24 bits per heavy atom. The molecule has 116 valence electrons. The Morgan fingerprint density at radius 1 is 1.48 bits per heavy atom. The van der Waals surface area contributed by atoms with Gasteiger partial charge >= 0.3 is 0 Å². The Kier molecular flexibility index (Phi) is 5.04. The van der Waals surface area contributed by atoms with Gasteiger partial charge in [-0.2, -0.15) is 0 Å². The number of piperidine rings is 1. The highest BCUT2D eigenvalue weighted by molar-refractivity contribution is 7.12. The third-order valence-electron chi connectivity index (χ3n) is 4.12. The van der Waals surface area contributed by atoms with Gasteiger partial charge in [0, 0.05) is 19.6 Å². The molecule has 2 amide bonds. The third-order valence-corrected chi connectivity index (χ3v) is 5.13. The molecule has 1 unspecified atom stereocenters. The molecule has 1 aromatic heterocycles. The van der Waals surface area contributed by atoms with Gasteiger partial charge in [-0.3, -0.25) is 9.59 Å². The molecule has 5 heteroatoms. The van der Waals surface area contributed by atoms with Gasteiger partial charge in [0.1, 0.15) is 0 Å². The number of carbonyl (C=O) groups excluding carboxylic acids is 2. The Balaban J connectivity index is 2.08. The SMILES string of the molecule is CCCNC(=O)C1(C)CCCN(C(=O)c2sccc2C)C1. The standard InChI is InChI=1S/C16H24N2O2S/c1-4-8-17-15(20)16(3)7-5-9-18(11-16)14(19)13-12(2)6-10-21-13/h6,10H,4-5,7-9,11H2,1-3H3,(H,17,20). The molecule has 1 saturated heterocycles. The molecule has 1 N–H and O–H groups in total. The van der Waals surface area contributed by atoms with Crippen molar-refractivity contribution in [2.24, 2.45) is 5.41 Å². The maximum absolute atomic E-state index is 12.6. The minimum atomic E-state index is -0.464. The molecule has 0 aliphatic carbocycles. The van der Waals surface area contributed by atoms with E-state index in [1.165, 1.54) is 11.3 Å². The number of carbonyl (C=O) groups is 2. The highest BCUT2D eigenvalue weighted by atomic mass is 32.1. The van der Waals surface area contributed by atoms with Crippen LogP contribution in [0.3, 0.4) is 0 Å². The van der Waals surface area contributed by atoms with Crippen LogP contribution in [0.25, 0.3) is 0 Å². The molecule has 0 bridgehead atoms. The largest absolute Gasteiger partial charge is 0.356 e. The number of aryl methyl sites for hydroxylation is 1. The molecule has 2 rings (SSSR count). The predicted molar refractivity (Wildman–Crippen MR) is 85.6 cm³/mol. The highest BCUT2D eigenvalue weighted by Gasteiger charge is 2.39. The van der Waals surface area contributed by atoms with Crippen molar-refractivity contribution >= 4 is 23.2 Å². The van der Waals surface area contributed by atoms with Crippen LogP contribution in [0.2, 0.25) is 0 Å². The quantitative estimate of drug-likeness (QED) is 0.930. The van der Waals surface area contributed by atoms with Crippen LogP contribution in [0.15, 0.2) is 11.4 Å². The summed E-state index contributed by atoms with van der Waals surface area (Å²) in [5.41, 5.74) is 0.557. The van der Waals surface area contributed by atoms with Crippen molar-refractivity contribution in [1.29, 1.82) is 0 Å². The minimum Gasteiger partial charge on any atom is -0.356 e. The van der Waals surface area contributed by atoms with Gasteiger partial charge in [0.05, 0.1) is 10.3 Å². The lowest BCUT2D eigenvalue weighted by molar-refractivity contribution is -0.132. The monoisotopic (exact) mass is 308 g/mol. The summed E-state index contributed by atoms with van der Waals surface area (Å²) >= 11 is 1.48. The summed E-state index contributed by atoms with van der Waals surface area (Å²) in [5, 5.41) is 4.92. The van der Waals surface area contributed by atoms with E-state index in [4.69, 9.17) is 0 Å². The van der Waals surface area contributed by atoms with Crippen LogP contribution in [0.1, 0.15) is 48.3 Å². The molecular weight excluding hydrogens is 284 g/mol. The molecule has 1 aromatic rings. The first kappa shape index (κ1) is 16.0. The van der Waals surface area contributed by atoms with Crippen LogP contribution in [0.5, 0.6) is 0 Å². The van der Waals surface area contributed by atoms with Crippen molar-refractivity contribution in [3.05, 3.63) is 21.9 Å². The Bertz CT molecular complexity index is 526. The summed E-state index contributed by atoms with van der Waals surface area (Å²) in [6, 6.07) is 1.97. The number of thiophene rings is 1. The van der Waals surface area contributed by atoms with Crippen molar-refractivity contribution in [3.63, 3.8) is 0 Å². The first-order valence-electron chi connectivity index (χ1n) is 7.59. The number of nitrogens with zero attached hydrogens (tertiary/aromatic N) is 1. The number of rotatable bonds is 4. The second kappa shape index (κ2) is 6.60. The summed E-state index contributed by atoms with van der Waals surface area (Å²) in [5.74, 6) is 0.140. The average molecular weight is 308 g/mol. The van der Waals surface area contributed by atoms with Gasteiger partial charge in [0.2, 0.25) is 5.91 Å². The van der Waals surface area contributed by atoms with E-state index in [-0.39, 0.29) is 11.8 Å². The van der Waals surface area contributed by atoms with Crippen molar-refractivity contribution in [2.45, 2.75) is 40.0 Å². The molecule has 0 aromatic carbocycles. The molecule has 4 nitrogen and oxygen atoms in total. The molecular formula is C16H24N2O2S. The van der Waals surface area contributed by atoms with Gasteiger partial charge in [-0.15, -0.1) is 11.3 Å². The van der Waals surface area contributed by atoms with E-state index in [0.29, 0.717) is 13.1 Å². The van der Waals surface area contributed by atoms with Crippen molar-refractivity contribution < 1.29 is 9.59 Å². The van der Waals surface area contributed by atoms with E-state index in [0.717, 1.165) is 36.2 Å². The summed E-state index contributed by atoms with van der Waals surface area (Å²) in [6.45, 7) is 7.93. The molecule has 0 saturated carbocycles. The first-order chi connectivity index (χ1) is 9.98. The van der Waals surface area contributed by atoms with Gasteiger partial charge in [-0.05, 0) is 50.1 Å². The Hall–Kier alpha value is -1.36. The second-order valence-corrected chi connectivity index (χ2v) is 7.00. The summed E-state index contributed by atoms with van der Waals surface area (Å²) in [6.07, 6.45) is 2.65. The lowest BCUT2D eigenvalue weighted by atomic mass is 9.81. The van der Waals surface area contributed by atoms with E-state index < -0.39 is 5.41 Å². The number of nitrogens with one attached hydrogen (secondary N) is 1. The molecule has 0 radical (unpaired) electrons. The normalized spacial score (nSPS) is 22.1. The van der Waals surface area contributed by atoms with Gasteiger partial charge < -0.3 is 10.2 Å². The Morgan fingerprint density at radius 3 is 2.86 bits per heavy atom. The average Bonchev–Trinajstić information content (AvgIpc) is 2.90. The fourth-order valence-electron chi connectivity index (χ4n) is 2.79. The topological polar surface area (TPSA) is 49.4 Å². The van der Waals surface area contributed by atoms with Gasteiger partial charge in [0.25, 0.3) is 5.91 Å². The zero-order chi connectivity index (χ0) is 15.5. The lowest BCUT2D eigenvalue weighted by Gasteiger charge is -2.39. The number of likely N-dealkylation sites (tertiary alicyclic amines) is 1. The smallest absolute Gasteiger partial charge is 0.264 e. The maximum Gasteiger partial charge on any atom is 0.264 e. The molecule has 2 heterocycles. The van der Waals surface area contributed by atoms with Crippen molar-refractivity contribution in [1.82, 2.24) is 10.2 Å². The Labute approximate surface area is 130 Å². The predicted octanol–water partition coefficient (Wildman–Crippen LogP) is 2.83. The third kappa shape index (κ3) is 3.46. The van der Waals surface area contributed by atoms with Gasteiger partial charge in [-0.25, -0.2) is 0 Å². The maximum atomic E-state index is 12.6. The van der Waals surface area contributed by atoms with Gasteiger partial charge in [0.15, 0.2) is 0 Å². The van der Waals surface area contributed by atoms with Crippen LogP contribution in [-0.2, 0) is 4.79 Å². The van der Waals surface area contributed by atoms with Crippen LogP contribution in [0.4, 0.5) is 0 Å². The molecule has 21 heavy (non-hydrogen) atoms. The van der Waals surface area contributed by atoms with E-state index in [9.17, 15) is 9.59 Å². The molecule has 0 spiro atoms. The number of hydrogen-bond donors (Lipinski definition) is 1. The summed E-state index contributed by atoms with van der Waals surface area (Å²) in [7, 11) is 0. The zero-order valence-electron chi connectivity index (χ0n) is 13.1. The van der Waals surface area contributed by atoms with E-state index in [1.54, 1.807) is 0 Å².